The van der Waals surface area contributed by atoms with Crippen LogP contribution in [0.25, 0.3) is 0 Å². The maximum Gasteiger partial charge on any atom is 0.310 e. The number of amides is 2. The van der Waals surface area contributed by atoms with Gasteiger partial charge in [0.15, 0.2) is 0 Å². The molecule has 1 fully saturated rings. The molecular weight excluding hydrogens is 252 g/mol. The number of rotatable bonds is 3. The van der Waals surface area contributed by atoms with Crippen molar-refractivity contribution in [3.05, 3.63) is 18.6 Å². The molecule has 0 spiro atoms. The highest BCUT2D eigenvalue weighted by Crippen LogP contribution is 2.12. The number of allylic oxidation sites excluding steroid dienone is 1. The normalized spacial score (nSPS) is 27.1. The van der Waals surface area contributed by atoms with Crippen molar-refractivity contribution in [1.29, 1.82) is 0 Å². The number of nitrogens with one attached hydrogen (secondary N) is 1. The van der Waals surface area contributed by atoms with Gasteiger partial charge in [0.25, 0.3) is 0 Å². The Hall–Kier alpha value is -1.89. The molecule has 7 nitrogen and oxygen atoms in total. The molecule has 0 saturated carbocycles. The SMILES string of the molecule is O=C(CN1CC=CC[C]C1=O)NC1CC(=O)OC1O. The number of carbonyl (C=O) groups is 3. The van der Waals surface area contributed by atoms with E-state index < -0.39 is 24.2 Å². The van der Waals surface area contributed by atoms with Crippen molar-refractivity contribution < 1.29 is 24.2 Å². The standard InChI is InChI=1S/C12H14N2O5/c15-9(13-8-6-11(17)19-12(8)18)7-14-5-3-1-2-4-10(14)16/h1,3,8,12,18H,2,5-7H2,(H,13,15). The maximum atomic E-state index is 11.7. The lowest BCUT2D eigenvalue weighted by atomic mass is 10.2. The van der Waals surface area contributed by atoms with E-state index in [1.165, 1.54) is 4.90 Å². The van der Waals surface area contributed by atoms with Crippen LogP contribution < -0.4 is 5.32 Å². The zero-order valence-electron chi connectivity index (χ0n) is 10.2. The number of nitrogens with zero attached hydrogens (tertiary/aromatic N) is 1. The number of carbonyl (C=O) groups excluding carboxylic acids is 3. The number of hydrogen-bond donors (Lipinski definition) is 2. The minimum absolute atomic E-state index is 0.0704. The third kappa shape index (κ3) is 3.54. The lowest BCUT2D eigenvalue weighted by Crippen LogP contribution is -2.46. The van der Waals surface area contributed by atoms with Crippen LogP contribution in [0.1, 0.15) is 12.8 Å². The molecule has 2 radical (unpaired) electrons. The highest BCUT2D eigenvalue weighted by Gasteiger charge is 2.34. The van der Waals surface area contributed by atoms with Gasteiger partial charge in [0.2, 0.25) is 18.1 Å². The Kier molecular flexibility index (Phi) is 4.16. The summed E-state index contributed by atoms with van der Waals surface area (Å²) in [7, 11) is 0. The number of cyclic esters (lactones) is 1. The second kappa shape index (κ2) is 5.83. The first-order valence-corrected chi connectivity index (χ1v) is 5.91. The van der Waals surface area contributed by atoms with Crippen LogP contribution in [0.15, 0.2) is 12.2 Å². The molecule has 0 bridgehead atoms. The largest absolute Gasteiger partial charge is 0.434 e. The van der Waals surface area contributed by atoms with E-state index in [1.54, 1.807) is 12.2 Å². The van der Waals surface area contributed by atoms with Crippen LogP contribution in [0.5, 0.6) is 0 Å². The first-order chi connectivity index (χ1) is 9.06. The zero-order valence-corrected chi connectivity index (χ0v) is 10.2. The predicted molar refractivity (Wildman–Crippen MR) is 62.2 cm³/mol. The Morgan fingerprint density at radius 3 is 3.00 bits per heavy atom. The molecule has 2 amide bonds. The van der Waals surface area contributed by atoms with Crippen molar-refractivity contribution in [2.45, 2.75) is 25.2 Å². The molecule has 102 valence electrons. The molecule has 0 aromatic rings. The van der Waals surface area contributed by atoms with Gasteiger partial charge in [-0.3, -0.25) is 14.4 Å². The second-order valence-corrected chi connectivity index (χ2v) is 4.30. The molecule has 2 aliphatic heterocycles. The fraction of sp³-hybridized carbons (Fsp3) is 0.500. The second-order valence-electron chi connectivity index (χ2n) is 4.30. The first-order valence-electron chi connectivity index (χ1n) is 5.91. The summed E-state index contributed by atoms with van der Waals surface area (Å²) < 4.78 is 4.50. The van der Waals surface area contributed by atoms with E-state index in [2.05, 4.69) is 16.5 Å². The van der Waals surface area contributed by atoms with Gasteiger partial charge >= 0.3 is 5.97 Å². The molecule has 2 unspecified atom stereocenters. The third-order valence-corrected chi connectivity index (χ3v) is 2.81. The molecule has 0 aromatic heterocycles. The van der Waals surface area contributed by atoms with E-state index in [4.69, 9.17) is 0 Å². The van der Waals surface area contributed by atoms with Crippen LogP contribution in [0, 0.1) is 6.42 Å². The Morgan fingerprint density at radius 2 is 2.32 bits per heavy atom. The van der Waals surface area contributed by atoms with Gasteiger partial charge in [-0.1, -0.05) is 12.2 Å². The van der Waals surface area contributed by atoms with Gasteiger partial charge in [0.05, 0.1) is 19.4 Å². The van der Waals surface area contributed by atoms with Gasteiger partial charge in [-0.15, -0.1) is 0 Å². The molecule has 2 aliphatic rings. The molecular formula is C12H14N2O5. The Labute approximate surface area is 110 Å². The summed E-state index contributed by atoms with van der Waals surface area (Å²) in [6, 6.07) is -0.759. The van der Waals surface area contributed by atoms with Crippen LogP contribution in [0.3, 0.4) is 0 Å². The molecule has 0 aromatic carbocycles. The molecule has 2 heterocycles. The molecule has 7 heteroatoms. The fourth-order valence-electron chi connectivity index (χ4n) is 1.86. The van der Waals surface area contributed by atoms with Crippen LogP contribution in [0.4, 0.5) is 0 Å². The minimum atomic E-state index is -1.32. The van der Waals surface area contributed by atoms with Crippen molar-refractivity contribution in [2.24, 2.45) is 0 Å². The highest BCUT2D eigenvalue weighted by molar-refractivity contribution is 5.90. The van der Waals surface area contributed by atoms with E-state index in [-0.39, 0.29) is 18.9 Å². The summed E-state index contributed by atoms with van der Waals surface area (Å²) in [5.41, 5.74) is 0. The maximum absolute atomic E-state index is 11.7. The number of esters is 1. The van der Waals surface area contributed by atoms with Crippen molar-refractivity contribution in [3.8, 4) is 0 Å². The third-order valence-electron chi connectivity index (χ3n) is 2.81. The molecule has 2 atom stereocenters. The molecule has 2 N–H and O–H groups in total. The minimum Gasteiger partial charge on any atom is -0.434 e. The van der Waals surface area contributed by atoms with Crippen LogP contribution in [-0.2, 0) is 19.1 Å². The molecule has 1 saturated heterocycles. The number of hydrogen-bond acceptors (Lipinski definition) is 5. The van der Waals surface area contributed by atoms with Crippen molar-refractivity contribution in [1.82, 2.24) is 10.2 Å². The van der Waals surface area contributed by atoms with Gasteiger partial charge in [-0.2, -0.15) is 0 Å². The van der Waals surface area contributed by atoms with E-state index in [0.29, 0.717) is 13.0 Å². The van der Waals surface area contributed by atoms with Crippen LogP contribution in [-0.4, -0.2) is 53.2 Å². The smallest absolute Gasteiger partial charge is 0.310 e. The quantitative estimate of drug-likeness (QED) is 0.484. The fourth-order valence-corrected chi connectivity index (χ4v) is 1.86. The first kappa shape index (κ1) is 13.5. The lowest BCUT2D eigenvalue weighted by Gasteiger charge is -2.20. The summed E-state index contributed by atoms with van der Waals surface area (Å²) in [6.07, 6.45) is 5.21. The van der Waals surface area contributed by atoms with Crippen molar-refractivity contribution in [3.63, 3.8) is 0 Å². The zero-order chi connectivity index (χ0) is 13.8. The Bertz CT molecular complexity index is 420. The molecule has 19 heavy (non-hydrogen) atoms. The van der Waals surface area contributed by atoms with E-state index in [0.717, 1.165) is 0 Å². The van der Waals surface area contributed by atoms with E-state index in [1.807, 2.05) is 0 Å². The number of ether oxygens (including phenoxy) is 1. The monoisotopic (exact) mass is 266 g/mol. The summed E-state index contributed by atoms with van der Waals surface area (Å²) in [6.45, 7) is 0.190. The summed E-state index contributed by atoms with van der Waals surface area (Å²) in [5, 5.41) is 11.8. The summed E-state index contributed by atoms with van der Waals surface area (Å²) in [4.78, 5) is 35.6. The lowest BCUT2D eigenvalue weighted by molar-refractivity contribution is -0.155. The average Bonchev–Trinajstić information content (AvgIpc) is 2.53. The highest BCUT2D eigenvalue weighted by atomic mass is 16.6. The van der Waals surface area contributed by atoms with Crippen LogP contribution in [0.2, 0.25) is 0 Å². The van der Waals surface area contributed by atoms with E-state index >= 15 is 0 Å². The molecule has 2 rings (SSSR count). The number of aliphatic hydroxyl groups is 1. The van der Waals surface area contributed by atoms with Crippen molar-refractivity contribution in [2.75, 3.05) is 13.1 Å². The summed E-state index contributed by atoms with van der Waals surface area (Å²) in [5.74, 6) is -1.35. The number of aliphatic hydroxyl groups excluding tert-OH is 1. The van der Waals surface area contributed by atoms with E-state index in [9.17, 15) is 19.5 Å². The predicted octanol–water partition coefficient (Wildman–Crippen LogP) is -1.39. The van der Waals surface area contributed by atoms with Crippen molar-refractivity contribution >= 4 is 17.8 Å². The summed E-state index contributed by atoms with van der Waals surface area (Å²) >= 11 is 0. The van der Waals surface area contributed by atoms with Gasteiger partial charge in [-0.25, -0.2) is 0 Å². The Morgan fingerprint density at radius 1 is 1.53 bits per heavy atom. The molecule has 0 aliphatic carbocycles. The topological polar surface area (TPSA) is 95.9 Å². The van der Waals surface area contributed by atoms with Gasteiger partial charge < -0.3 is 20.1 Å². The van der Waals surface area contributed by atoms with Gasteiger partial charge in [-0.05, 0) is 6.42 Å². The Balaban J connectivity index is 1.85. The van der Waals surface area contributed by atoms with Gasteiger partial charge in [0.1, 0.15) is 6.04 Å². The average molecular weight is 266 g/mol. The van der Waals surface area contributed by atoms with Gasteiger partial charge in [0, 0.05) is 6.54 Å². The van der Waals surface area contributed by atoms with Crippen LogP contribution >= 0.6 is 0 Å².